The molecule has 2 aliphatic rings. The number of aliphatic hydroxyl groups excluding tert-OH is 1. The van der Waals surface area contributed by atoms with Crippen LogP contribution in [-0.2, 0) is 32.9 Å². The van der Waals surface area contributed by atoms with Crippen LogP contribution in [0, 0.1) is 0 Å². The van der Waals surface area contributed by atoms with Gasteiger partial charge in [0.2, 0.25) is 0 Å². The lowest BCUT2D eigenvalue weighted by molar-refractivity contribution is -0.142. The van der Waals surface area contributed by atoms with Gasteiger partial charge < -0.3 is 39.6 Å². The van der Waals surface area contributed by atoms with E-state index in [1.807, 2.05) is 0 Å². The summed E-state index contributed by atoms with van der Waals surface area (Å²) in [4.78, 5) is 28.8. The lowest BCUT2D eigenvalue weighted by atomic mass is 9.96. The second-order valence-corrected chi connectivity index (χ2v) is 9.49. The summed E-state index contributed by atoms with van der Waals surface area (Å²) in [6.07, 6.45) is -0.767. The van der Waals surface area contributed by atoms with Crippen LogP contribution < -0.4 is 15.9 Å². The van der Waals surface area contributed by atoms with Crippen molar-refractivity contribution in [1.29, 1.82) is 0 Å². The lowest BCUT2D eigenvalue weighted by Gasteiger charge is -2.35. The van der Waals surface area contributed by atoms with Gasteiger partial charge in [0.05, 0.1) is 19.8 Å². The molecule has 34 heavy (non-hydrogen) atoms. The van der Waals surface area contributed by atoms with E-state index in [4.69, 9.17) is 24.5 Å². The summed E-state index contributed by atoms with van der Waals surface area (Å²) in [7, 11) is -4.03. The van der Waals surface area contributed by atoms with Crippen molar-refractivity contribution in [2.24, 2.45) is 10.7 Å². The normalized spacial score (nSPS) is 27.0. The molecule has 0 saturated carbocycles. The van der Waals surface area contributed by atoms with Gasteiger partial charge in [-0.3, -0.25) is 14.2 Å². The molecule has 6 N–H and O–H groups in total. The maximum atomic E-state index is 13.2. The molecule has 0 bridgehead atoms. The summed E-state index contributed by atoms with van der Waals surface area (Å²) >= 11 is 0. The highest BCUT2D eigenvalue weighted by Crippen LogP contribution is 2.41. The molecule has 4 atom stereocenters. The molecule has 0 aromatic heterocycles. The number of ether oxygens (including phenoxy) is 3. The second-order valence-electron chi connectivity index (χ2n) is 7.50. The third-order valence-corrected chi connectivity index (χ3v) is 6.53. The van der Waals surface area contributed by atoms with E-state index >= 15 is 0 Å². The molecule has 0 radical (unpaired) electrons. The summed E-state index contributed by atoms with van der Waals surface area (Å²) in [5, 5.41) is 26.3. The molecule has 0 aromatic rings. The fraction of sp³-hybridized carbons (Fsp3) is 0.632. The van der Waals surface area contributed by atoms with E-state index in [-0.39, 0.29) is 24.9 Å². The van der Waals surface area contributed by atoms with Gasteiger partial charge in [-0.1, -0.05) is 6.58 Å². The number of aliphatic imine (C=N–C) groups is 1. The van der Waals surface area contributed by atoms with E-state index < -0.39 is 63.3 Å². The first-order valence-electron chi connectivity index (χ1n) is 10.5. The van der Waals surface area contributed by atoms with E-state index in [0.29, 0.717) is 0 Å². The van der Waals surface area contributed by atoms with Crippen molar-refractivity contribution in [3.8, 4) is 0 Å². The van der Waals surface area contributed by atoms with Crippen LogP contribution in [0.1, 0.15) is 20.8 Å². The van der Waals surface area contributed by atoms with E-state index in [1.54, 1.807) is 13.8 Å². The Morgan fingerprint density at radius 3 is 2.35 bits per heavy atom. The molecule has 15 heteroatoms. The van der Waals surface area contributed by atoms with Gasteiger partial charge in [0, 0.05) is 6.20 Å². The van der Waals surface area contributed by atoms with Gasteiger partial charge in [-0.15, -0.1) is 0 Å². The predicted octanol–water partition coefficient (Wildman–Crippen LogP) is -1.09. The minimum Gasteiger partial charge on any atom is -0.465 e. The average molecular weight is 505 g/mol. The highest BCUT2D eigenvalue weighted by atomic mass is 31.2. The monoisotopic (exact) mass is 505 g/mol. The van der Waals surface area contributed by atoms with Gasteiger partial charge in [-0.25, -0.2) is 15.2 Å². The zero-order valence-electron chi connectivity index (χ0n) is 19.3. The number of rotatable bonds is 12. The Morgan fingerprint density at radius 1 is 1.29 bits per heavy atom. The summed E-state index contributed by atoms with van der Waals surface area (Å²) in [5.74, 6) is -1.00. The Morgan fingerprint density at radius 2 is 1.85 bits per heavy atom. The number of esters is 2. The summed E-state index contributed by atoms with van der Waals surface area (Å²) in [6.45, 7) is 7.12. The van der Waals surface area contributed by atoms with Crippen molar-refractivity contribution < 1.29 is 43.1 Å². The van der Waals surface area contributed by atoms with Gasteiger partial charge in [-0.05, 0) is 26.8 Å². The number of carbonyl (C=O) groups is 2. The fourth-order valence-corrected chi connectivity index (χ4v) is 4.49. The van der Waals surface area contributed by atoms with Gasteiger partial charge in [-0.2, -0.15) is 0 Å². The van der Waals surface area contributed by atoms with Crippen LogP contribution in [-0.4, -0.2) is 89.8 Å². The maximum absolute atomic E-state index is 13.2. The first-order valence-corrected chi connectivity index (χ1v) is 12.2. The van der Waals surface area contributed by atoms with Crippen LogP contribution in [0.2, 0.25) is 0 Å². The van der Waals surface area contributed by atoms with E-state index in [9.17, 15) is 24.4 Å². The van der Waals surface area contributed by atoms with Crippen LogP contribution in [0.3, 0.4) is 0 Å². The lowest BCUT2D eigenvalue weighted by Crippen LogP contribution is -2.51. The zero-order chi connectivity index (χ0) is 25.5. The van der Waals surface area contributed by atoms with Gasteiger partial charge >= 0.3 is 19.6 Å². The van der Waals surface area contributed by atoms with Gasteiger partial charge in [0.25, 0.3) is 0 Å². The molecule has 192 valence electrons. The Labute approximate surface area is 197 Å². The minimum atomic E-state index is -4.03. The molecule has 0 spiro atoms. The maximum Gasteiger partial charge on any atom is 0.341 e. The SMILES string of the molecule is C=C1N=C(N)C=CN1[C@@H]1O[C@H](COP(=O)(NCC(=O)OCC)NCC(=O)OCC)[C@H](O)C1(C)O. The summed E-state index contributed by atoms with van der Waals surface area (Å²) < 4.78 is 34.0. The number of nitrogens with one attached hydrogen (secondary N) is 2. The highest BCUT2D eigenvalue weighted by molar-refractivity contribution is 7.54. The second kappa shape index (κ2) is 11.9. The molecule has 2 heterocycles. The Kier molecular flexibility index (Phi) is 9.76. The van der Waals surface area contributed by atoms with E-state index in [2.05, 4.69) is 21.7 Å². The number of aliphatic hydroxyl groups is 2. The Balaban J connectivity index is 2.09. The van der Waals surface area contributed by atoms with E-state index in [1.165, 1.54) is 24.1 Å². The number of nitrogens with zero attached hydrogens (tertiary/aromatic N) is 2. The van der Waals surface area contributed by atoms with Gasteiger partial charge in [0.15, 0.2) is 6.23 Å². The molecule has 2 aliphatic heterocycles. The molecule has 14 nitrogen and oxygen atoms in total. The third kappa shape index (κ3) is 7.09. The average Bonchev–Trinajstić information content (AvgIpc) is 2.99. The molecule has 1 saturated heterocycles. The number of amidine groups is 1. The fourth-order valence-electron chi connectivity index (χ4n) is 3.16. The number of carbonyl (C=O) groups excluding carboxylic acids is 2. The molecular formula is C19H32N5O9P. The molecule has 0 aromatic carbocycles. The van der Waals surface area contributed by atoms with Crippen molar-refractivity contribution in [2.45, 2.75) is 44.8 Å². The van der Waals surface area contributed by atoms with Crippen molar-refractivity contribution in [1.82, 2.24) is 15.1 Å². The molecule has 2 rings (SSSR count). The molecule has 1 fully saturated rings. The highest BCUT2D eigenvalue weighted by Gasteiger charge is 2.55. The van der Waals surface area contributed by atoms with Crippen LogP contribution in [0.5, 0.6) is 0 Å². The number of nitrogens with two attached hydrogens (primary N) is 1. The van der Waals surface area contributed by atoms with Crippen LogP contribution in [0.4, 0.5) is 0 Å². The Hall–Kier alpha value is -2.32. The first kappa shape index (κ1) is 27.9. The van der Waals surface area contributed by atoms with Crippen LogP contribution in [0.25, 0.3) is 0 Å². The quantitative estimate of drug-likeness (QED) is 0.159. The minimum absolute atomic E-state index is 0.117. The molecular weight excluding hydrogens is 473 g/mol. The smallest absolute Gasteiger partial charge is 0.341 e. The first-order chi connectivity index (χ1) is 15.9. The largest absolute Gasteiger partial charge is 0.465 e. The standard InChI is InChI=1S/C19H32N5O9P/c1-5-30-15(25)9-21-34(29,22-10-16(26)31-6-2)32-11-13-17(27)19(4,28)18(33-13)24-8-7-14(20)23-12(24)3/h7-8,13,17-18,27-28H,3,5-6,9-11H2,1-2,4H3,(H2,20,23)(H2,21,22,29)/t13-,17+,18-,19?/m1/s1. The zero-order valence-corrected chi connectivity index (χ0v) is 20.2. The molecule has 0 amide bonds. The topological polar surface area (TPSA) is 194 Å². The predicted molar refractivity (Wildman–Crippen MR) is 120 cm³/mol. The Bertz CT molecular complexity index is 852. The summed E-state index contributed by atoms with van der Waals surface area (Å²) in [6, 6.07) is 0. The molecule has 0 aliphatic carbocycles. The third-order valence-electron chi connectivity index (χ3n) is 4.86. The van der Waals surface area contributed by atoms with Crippen molar-refractivity contribution >= 4 is 25.4 Å². The molecule has 1 unspecified atom stereocenters. The van der Waals surface area contributed by atoms with Gasteiger partial charge in [0.1, 0.15) is 42.6 Å². The van der Waals surface area contributed by atoms with Crippen molar-refractivity contribution in [2.75, 3.05) is 32.9 Å². The number of hydrogen-bond acceptors (Lipinski definition) is 12. The van der Waals surface area contributed by atoms with Crippen LogP contribution >= 0.6 is 7.67 Å². The van der Waals surface area contributed by atoms with Crippen molar-refractivity contribution in [3.05, 3.63) is 24.7 Å². The van der Waals surface area contributed by atoms with Crippen molar-refractivity contribution in [3.63, 3.8) is 0 Å². The summed E-state index contributed by atoms with van der Waals surface area (Å²) in [5.41, 5.74) is 3.83. The van der Waals surface area contributed by atoms with E-state index in [0.717, 1.165) is 0 Å². The van der Waals surface area contributed by atoms with Crippen LogP contribution in [0.15, 0.2) is 29.7 Å². The number of hydrogen-bond donors (Lipinski definition) is 5.